The first-order valence-electron chi connectivity index (χ1n) is 6.64. The van der Waals surface area contributed by atoms with E-state index in [2.05, 4.69) is 10.3 Å². The van der Waals surface area contributed by atoms with Crippen LogP contribution in [0, 0.1) is 6.92 Å². The highest BCUT2D eigenvalue weighted by atomic mass is 35.5. The van der Waals surface area contributed by atoms with Crippen LogP contribution in [0.1, 0.15) is 20.9 Å². The molecule has 0 saturated heterocycles. The fraction of sp³-hybridized carbons (Fsp3) is 0.267. The minimum absolute atomic E-state index is 0.0754. The van der Waals surface area contributed by atoms with E-state index < -0.39 is 5.91 Å². The molecule has 0 radical (unpaired) electrons. The Balaban J connectivity index is 1.87. The van der Waals surface area contributed by atoms with Crippen LogP contribution in [-0.2, 0) is 11.3 Å². The molecule has 0 atom stereocenters. The number of pyridine rings is 1. The number of hydrogen-bond acceptors (Lipinski definition) is 4. The van der Waals surface area contributed by atoms with E-state index >= 15 is 0 Å². The van der Waals surface area contributed by atoms with Crippen LogP contribution in [0.5, 0.6) is 0 Å². The molecule has 5 nitrogen and oxygen atoms in total. The maximum absolute atomic E-state index is 12.1. The van der Waals surface area contributed by atoms with Crippen molar-refractivity contribution in [2.24, 2.45) is 0 Å². The van der Waals surface area contributed by atoms with Crippen LogP contribution in [0.25, 0.3) is 0 Å². The minimum Gasteiger partial charge on any atom is -0.342 e. The van der Waals surface area contributed by atoms with Gasteiger partial charge in [-0.1, -0.05) is 11.6 Å². The predicted octanol–water partition coefficient (Wildman–Crippen LogP) is 2.49. The van der Waals surface area contributed by atoms with Gasteiger partial charge in [-0.3, -0.25) is 14.6 Å². The standard InChI is InChI=1S/C15H16ClN3O2S/c1-10-4-6-22-13(10)9-19(2)14(20)8-18-15(21)12-7-11(16)3-5-17-12/h3-7H,8-9H2,1-2H3,(H,18,21). The number of rotatable bonds is 5. The number of hydrogen-bond donors (Lipinski definition) is 1. The average molecular weight is 338 g/mol. The molecule has 1 N–H and O–H groups in total. The molecule has 0 aliphatic heterocycles. The molecule has 0 aliphatic carbocycles. The fourth-order valence-electron chi connectivity index (χ4n) is 1.78. The molecule has 0 aliphatic rings. The number of aryl methyl sites for hydroxylation is 1. The van der Waals surface area contributed by atoms with Crippen LogP contribution in [0.15, 0.2) is 29.8 Å². The zero-order valence-corrected chi connectivity index (χ0v) is 13.9. The molecule has 0 bridgehead atoms. The normalized spacial score (nSPS) is 10.3. The van der Waals surface area contributed by atoms with Crippen molar-refractivity contribution in [1.29, 1.82) is 0 Å². The van der Waals surface area contributed by atoms with E-state index in [9.17, 15) is 9.59 Å². The molecule has 0 saturated carbocycles. The van der Waals surface area contributed by atoms with E-state index in [-0.39, 0.29) is 18.1 Å². The van der Waals surface area contributed by atoms with Gasteiger partial charge in [-0.15, -0.1) is 11.3 Å². The van der Waals surface area contributed by atoms with E-state index in [1.54, 1.807) is 29.4 Å². The summed E-state index contributed by atoms with van der Waals surface area (Å²) in [6, 6.07) is 5.06. The maximum Gasteiger partial charge on any atom is 0.270 e. The lowest BCUT2D eigenvalue weighted by molar-refractivity contribution is -0.129. The van der Waals surface area contributed by atoms with Crippen molar-refractivity contribution in [2.75, 3.05) is 13.6 Å². The number of halogens is 1. The summed E-state index contributed by atoms with van der Waals surface area (Å²) in [7, 11) is 1.71. The monoisotopic (exact) mass is 337 g/mol. The summed E-state index contributed by atoms with van der Waals surface area (Å²) in [4.78, 5) is 30.6. The highest BCUT2D eigenvalue weighted by molar-refractivity contribution is 7.10. The molecule has 0 aromatic carbocycles. The first kappa shape index (κ1) is 16.5. The summed E-state index contributed by atoms with van der Waals surface area (Å²) >= 11 is 7.41. The number of amides is 2. The lowest BCUT2D eigenvalue weighted by atomic mass is 10.3. The highest BCUT2D eigenvalue weighted by Gasteiger charge is 2.14. The zero-order chi connectivity index (χ0) is 16.1. The lowest BCUT2D eigenvalue weighted by Crippen LogP contribution is -2.38. The number of thiophene rings is 1. The lowest BCUT2D eigenvalue weighted by Gasteiger charge is -2.17. The van der Waals surface area contributed by atoms with Crippen molar-refractivity contribution in [3.05, 3.63) is 50.9 Å². The Labute approximate surface area is 137 Å². The maximum atomic E-state index is 12.1. The summed E-state index contributed by atoms with van der Waals surface area (Å²) < 4.78 is 0. The largest absolute Gasteiger partial charge is 0.342 e. The number of nitrogens with one attached hydrogen (secondary N) is 1. The molecule has 2 aromatic heterocycles. The molecule has 2 aromatic rings. The predicted molar refractivity (Wildman–Crippen MR) is 87.1 cm³/mol. The van der Waals surface area contributed by atoms with Crippen molar-refractivity contribution < 1.29 is 9.59 Å². The van der Waals surface area contributed by atoms with Crippen molar-refractivity contribution in [2.45, 2.75) is 13.5 Å². The van der Waals surface area contributed by atoms with Gasteiger partial charge in [0.1, 0.15) is 5.69 Å². The van der Waals surface area contributed by atoms with Gasteiger partial charge in [0.05, 0.1) is 13.1 Å². The van der Waals surface area contributed by atoms with E-state index in [4.69, 9.17) is 11.6 Å². The van der Waals surface area contributed by atoms with Gasteiger partial charge in [-0.05, 0) is 36.1 Å². The van der Waals surface area contributed by atoms with Gasteiger partial charge in [0, 0.05) is 23.1 Å². The molecule has 22 heavy (non-hydrogen) atoms. The van der Waals surface area contributed by atoms with Gasteiger partial charge in [-0.2, -0.15) is 0 Å². The van der Waals surface area contributed by atoms with Gasteiger partial charge < -0.3 is 10.2 Å². The van der Waals surface area contributed by atoms with E-state index in [1.807, 2.05) is 18.4 Å². The number of carbonyl (C=O) groups is 2. The molecular formula is C15H16ClN3O2S. The third-order valence-corrected chi connectivity index (χ3v) is 4.37. The summed E-state index contributed by atoms with van der Waals surface area (Å²) in [5.74, 6) is -0.584. The summed E-state index contributed by atoms with van der Waals surface area (Å²) in [5.41, 5.74) is 1.36. The number of likely N-dealkylation sites (N-methyl/N-ethyl adjacent to an activating group) is 1. The van der Waals surface area contributed by atoms with Gasteiger partial charge in [0.25, 0.3) is 5.91 Å². The van der Waals surface area contributed by atoms with Gasteiger partial charge in [0.15, 0.2) is 0 Å². The first-order valence-corrected chi connectivity index (χ1v) is 7.90. The molecule has 0 spiro atoms. The second-order valence-corrected chi connectivity index (χ2v) is 6.26. The van der Waals surface area contributed by atoms with Gasteiger partial charge in [0.2, 0.25) is 5.91 Å². The fourth-order valence-corrected chi connectivity index (χ4v) is 2.90. The van der Waals surface area contributed by atoms with Crippen molar-refractivity contribution in [3.63, 3.8) is 0 Å². The van der Waals surface area contributed by atoms with Crippen LogP contribution >= 0.6 is 22.9 Å². The second kappa shape index (κ2) is 7.38. The van der Waals surface area contributed by atoms with Crippen LogP contribution in [-0.4, -0.2) is 35.3 Å². The molecule has 2 rings (SSSR count). The number of aromatic nitrogens is 1. The Morgan fingerprint density at radius 2 is 2.18 bits per heavy atom. The third kappa shape index (κ3) is 4.29. The molecular weight excluding hydrogens is 322 g/mol. The zero-order valence-electron chi connectivity index (χ0n) is 12.3. The topological polar surface area (TPSA) is 62.3 Å². The minimum atomic E-state index is -0.420. The summed E-state index contributed by atoms with van der Waals surface area (Å²) in [5, 5.41) is 4.98. The Kier molecular flexibility index (Phi) is 5.51. The quantitative estimate of drug-likeness (QED) is 0.911. The van der Waals surface area contributed by atoms with Gasteiger partial charge >= 0.3 is 0 Å². The smallest absolute Gasteiger partial charge is 0.270 e. The number of nitrogens with zero attached hydrogens (tertiary/aromatic N) is 2. The van der Waals surface area contributed by atoms with Crippen LogP contribution in [0.4, 0.5) is 0 Å². The molecule has 0 unspecified atom stereocenters. The molecule has 0 fully saturated rings. The van der Waals surface area contributed by atoms with Crippen molar-refractivity contribution >= 4 is 34.8 Å². The van der Waals surface area contributed by atoms with E-state index in [0.717, 1.165) is 10.4 Å². The molecule has 2 heterocycles. The Bertz CT molecular complexity index is 687. The second-order valence-electron chi connectivity index (χ2n) is 4.82. The molecule has 7 heteroatoms. The number of carbonyl (C=O) groups excluding carboxylic acids is 2. The van der Waals surface area contributed by atoms with E-state index in [1.165, 1.54) is 12.3 Å². The Hall–Kier alpha value is -1.92. The third-order valence-electron chi connectivity index (χ3n) is 3.13. The highest BCUT2D eigenvalue weighted by Crippen LogP contribution is 2.17. The summed E-state index contributed by atoms with van der Waals surface area (Å²) in [6.07, 6.45) is 1.45. The van der Waals surface area contributed by atoms with Crippen molar-refractivity contribution in [1.82, 2.24) is 15.2 Å². The SMILES string of the molecule is Cc1ccsc1CN(C)C(=O)CNC(=O)c1cc(Cl)ccn1. The van der Waals surface area contributed by atoms with Crippen LogP contribution in [0.2, 0.25) is 5.02 Å². The van der Waals surface area contributed by atoms with Crippen molar-refractivity contribution in [3.8, 4) is 0 Å². The Morgan fingerprint density at radius 3 is 2.82 bits per heavy atom. The molecule has 116 valence electrons. The van der Waals surface area contributed by atoms with Crippen LogP contribution in [0.3, 0.4) is 0 Å². The first-order chi connectivity index (χ1) is 10.5. The van der Waals surface area contributed by atoms with E-state index in [0.29, 0.717) is 11.6 Å². The van der Waals surface area contributed by atoms with Crippen LogP contribution < -0.4 is 5.32 Å². The molecule has 2 amide bonds. The van der Waals surface area contributed by atoms with Gasteiger partial charge in [-0.25, -0.2) is 0 Å². The average Bonchev–Trinajstić information content (AvgIpc) is 2.89. The Morgan fingerprint density at radius 1 is 1.41 bits per heavy atom. The summed E-state index contributed by atoms with van der Waals surface area (Å²) in [6.45, 7) is 2.47.